The lowest BCUT2D eigenvalue weighted by Gasteiger charge is -2.31. The summed E-state index contributed by atoms with van der Waals surface area (Å²) in [5, 5.41) is 0. The van der Waals surface area contributed by atoms with Crippen molar-refractivity contribution >= 4 is 0 Å². The predicted octanol–water partition coefficient (Wildman–Crippen LogP) is 5.70. The summed E-state index contributed by atoms with van der Waals surface area (Å²) in [7, 11) is 0. The summed E-state index contributed by atoms with van der Waals surface area (Å²) in [5.41, 5.74) is -6.93. The van der Waals surface area contributed by atoms with Gasteiger partial charge in [0.05, 0.1) is 0 Å². The molecule has 0 amide bonds. The van der Waals surface area contributed by atoms with E-state index in [1.165, 1.54) is 28.8 Å². The van der Waals surface area contributed by atoms with E-state index in [1.807, 2.05) is 0 Å². The summed E-state index contributed by atoms with van der Waals surface area (Å²) in [6, 6.07) is 7.36. The Kier molecular flexibility index (Phi) is 3.92. The van der Waals surface area contributed by atoms with Gasteiger partial charge in [-0.2, -0.15) is 26.3 Å². The predicted molar refractivity (Wildman–Crippen MR) is 77.8 cm³/mol. The summed E-state index contributed by atoms with van der Waals surface area (Å²) >= 11 is 0. The van der Waals surface area contributed by atoms with Crippen LogP contribution in [0.3, 0.4) is 0 Å². The van der Waals surface area contributed by atoms with Gasteiger partial charge in [-0.05, 0) is 25.3 Å². The minimum Gasteiger partial charge on any atom is -0.348 e. The molecule has 1 aromatic heterocycles. The number of benzene rings is 1. The first-order valence-corrected chi connectivity index (χ1v) is 7.60. The third-order valence-electron chi connectivity index (χ3n) is 4.61. The number of fused-ring (bicyclic) bond motifs is 1. The van der Waals surface area contributed by atoms with Crippen LogP contribution in [-0.2, 0) is 18.6 Å². The number of aromatic nitrogens is 1. The fourth-order valence-electron chi connectivity index (χ4n) is 3.55. The first kappa shape index (κ1) is 17.8. The van der Waals surface area contributed by atoms with Crippen LogP contribution >= 0.6 is 0 Å². The van der Waals surface area contributed by atoms with Crippen LogP contribution in [0.25, 0.3) is 11.1 Å². The minimum atomic E-state index is -6.12. The molecule has 1 aliphatic rings. The van der Waals surface area contributed by atoms with Crippen LogP contribution in [0.4, 0.5) is 30.7 Å². The molecule has 2 heterocycles. The molecule has 0 fully saturated rings. The van der Waals surface area contributed by atoms with E-state index in [-0.39, 0.29) is 23.4 Å². The summed E-state index contributed by atoms with van der Waals surface area (Å²) in [5.74, 6) is 0. The highest BCUT2D eigenvalue weighted by Gasteiger charge is 2.75. The maximum absolute atomic E-state index is 14.8. The molecule has 0 N–H and O–H groups in total. The highest BCUT2D eigenvalue weighted by molar-refractivity contribution is 5.74. The highest BCUT2D eigenvalue weighted by atomic mass is 19.4. The molecule has 0 aliphatic carbocycles. The van der Waals surface area contributed by atoms with E-state index in [0.717, 1.165) is 6.92 Å². The molecule has 1 nitrogen and oxygen atoms in total. The average molecular weight is 365 g/mol. The second-order valence-corrected chi connectivity index (χ2v) is 6.06. The van der Waals surface area contributed by atoms with Gasteiger partial charge in [0.15, 0.2) is 0 Å². The lowest BCUT2D eigenvalue weighted by molar-refractivity contribution is -0.348. The van der Waals surface area contributed by atoms with Crippen molar-refractivity contribution in [2.45, 2.75) is 44.3 Å². The van der Waals surface area contributed by atoms with Gasteiger partial charge < -0.3 is 4.57 Å². The van der Waals surface area contributed by atoms with Crippen molar-refractivity contribution in [1.29, 1.82) is 0 Å². The van der Waals surface area contributed by atoms with Gasteiger partial charge in [0.25, 0.3) is 0 Å². The van der Waals surface area contributed by atoms with Gasteiger partial charge in [0.2, 0.25) is 0 Å². The number of alkyl halides is 7. The largest absolute Gasteiger partial charge is 0.436 e. The molecule has 3 rings (SSSR count). The summed E-state index contributed by atoms with van der Waals surface area (Å²) in [6.07, 6.45) is -11.4. The third-order valence-corrected chi connectivity index (χ3v) is 4.61. The lowest BCUT2D eigenvalue weighted by atomic mass is 9.86. The van der Waals surface area contributed by atoms with E-state index in [9.17, 15) is 30.7 Å². The Morgan fingerprint density at radius 2 is 1.44 bits per heavy atom. The Balaban J connectivity index is 2.41. The van der Waals surface area contributed by atoms with Crippen molar-refractivity contribution in [2.24, 2.45) is 0 Å². The van der Waals surface area contributed by atoms with E-state index in [0.29, 0.717) is 18.5 Å². The van der Waals surface area contributed by atoms with Gasteiger partial charge in [-0.25, -0.2) is 4.39 Å². The number of rotatable bonds is 2. The molecule has 2 aromatic rings. The van der Waals surface area contributed by atoms with Crippen LogP contribution in [0.15, 0.2) is 30.3 Å². The van der Waals surface area contributed by atoms with Gasteiger partial charge in [0.1, 0.15) is 0 Å². The Bertz CT molecular complexity index is 770. The van der Waals surface area contributed by atoms with Crippen molar-refractivity contribution in [3.05, 3.63) is 47.3 Å². The Hall–Kier alpha value is -1.99. The first-order valence-electron chi connectivity index (χ1n) is 7.60. The molecule has 136 valence electrons. The second-order valence-electron chi connectivity index (χ2n) is 6.06. The quantitative estimate of drug-likeness (QED) is 0.602. The van der Waals surface area contributed by atoms with Crippen molar-refractivity contribution in [3.63, 3.8) is 0 Å². The maximum Gasteiger partial charge on any atom is 0.436 e. The number of nitrogens with zero attached hydrogens (tertiary/aromatic N) is 1. The van der Waals surface area contributed by atoms with Crippen LogP contribution in [0, 0.1) is 6.92 Å². The molecular weight excluding hydrogens is 351 g/mol. The first-order chi connectivity index (χ1) is 11.5. The highest BCUT2D eigenvalue weighted by Crippen LogP contribution is 2.57. The summed E-state index contributed by atoms with van der Waals surface area (Å²) in [6.45, 7) is 1.38. The fourth-order valence-corrected chi connectivity index (χ4v) is 3.55. The normalized spacial score (nSPS) is 15.5. The molecule has 25 heavy (non-hydrogen) atoms. The minimum absolute atomic E-state index is 0.145. The number of hydrogen-bond donors (Lipinski definition) is 0. The van der Waals surface area contributed by atoms with Gasteiger partial charge in [-0.1, -0.05) is 30.3 Å². The summed E-state index contributed by atoms with van der Waals surface area (Å²) in [4.78, 5) is 0. The Morgan fingerprint density at radius 1 is 0.880 bits per heavy atom. The van der Waals surface area contributed by atoms with Crippen molar-refractivity contribution in [1.82, 2.24) is 4.57 Å². The molecule has 1 aromatic carbocycles. The Morgan fingerprint density at radius 3 is 1.96 bits per heavy atom. The monoisotopic (exact) mass is 365 g/mol. The third kappa shape index (κ3) is 2.45. The molecule has 0 saturated carbocycles. The molecule has 0 atom stereocenters. The number of halogens is 7. The van der Waals surface area contributed by atoms with Gasteiger partial charge >= 0.3 is 18.0 Å². The standard InChI is InChI=1S/C17H14F7N/c1-10-14(15(18,16(19,20)21)17(22,23)24)13(11-6-3-2-4-7-11)12-8-5-9-25(10)12/h2-4,6-7H,5,8-9H2,1H3. The molecule has 0 saturated heterocycles. The lowest BCUT2D eigenvalue weighted by Crippen LogP contribution is -2.51. The maximum atomic E-state index is 14.8. The van der Waals surface area contributed by atoms with Crippen LogP contribution in [-0.4, -0.2) is 16.9 Å². The van der Waals surface area contributed by atoms with Crippen LogP contribution in [0.2, 0.25) is 0 Å². The second kappa shape index (κ2) is 5.51. The molecule has 1 aliphatic heterocycles. The van der Waals surface area contributed by atoms with E-state index in [4.69, 9.17) is 0 Å². The van der Waals surface area contributed by atoms with Crippen molar-refractivity contribution in [2.75, 3.05) is 0 Å². The zero-order valence-electron chi connectivity index (χ0n) is 13.1. The van der Waals surface area contributed by atoms with Crippen molar-refractivity contribution < 1.29 is 30.7 Å². The van der Waals surface area contributed by atoms with Crippen LogP contribution < -0.4 is 0 Å². The average Bonchev–Trinajstić information content (AvgIpc) is 3.07. The van der Waals surface area contributed by atoms with E-state index in [1.54, 1.807) is 6.07 Å². The molecular formula is C17H14F7N. The SMILES string of the molecule is Cc1c(C(F)(C(F)(F)F)C(F)(F)F)c(-c2ccccc2)c2n1CCC2. The van der Waals surface area contributed by atoms with Crippen molar-refractivity contribution in [3.8, 4) is 11.1 Å². The van der Waals surface area contributed by atoms with Gasteiger partial charge in [-0.15, -0.1) is 0 Å². The molecule has 0 bridgehead atoms. The van der Waals surface area contributed by atoms with Crippen LogP contribution in [0.5, 0.6) is 0 Å². The Labute approximate surface area is 139 Å². The zero-order valence-corrected chi connectivity index (χ0v) is 13.1. The smallest absolute Gasteiger partial charge is 0.348 e. The topological polar surface area (TPSA) is 4.93 Å². The molecule has 0 radical (unpaired) electrons. The van der Waals surface area contributed by atoms with Crippen LogP contribution in [0.1, 0.15) is 23.4 Å². The molecule has 0 unspecified atom stereocenters. The van der Waals surface area contributed by atoms with E-state index in [2.05, 4.69) is 0 Å². The van der Waals surface area contributed by atoms with Gasteiger partial charge in [-0.3, -0.25) is 0 Å². The zero-order chi connectivity index (χ0) is 18.6. The number of hydrogen-bond acceptors (Lipinski definition) is 0. The van der Waals surface area contributed by atoms with Gasteiger partial charge in [0, 0.05) is 29.1 Å². The van der Waals surface area contributed by atoms with E-state index >= 15 is 0 Å². The van der Waals surface area contributed by atoms with E-state index < -0.39 is 23.6 Å². The summed E-state index contributed by atoms with van der Waals surface area (Å²) < 4.78 is 96.1. The fraction of sp³-hybridized carbons (Fsp3) is 0.412. The molecule has 8 heteroatoms. The molecule has 0 spiro atoms.